The molecule has 0 fully saturated rings. The van der Waals surface area contributed by atoms with Crippen LogP contribution in [-0.2, 0) is 4.84 Å². The van der Waals surface area contributed by atoms with E-state index >= 15 is 0 Å². The monoisotopic (exact) mass is 187 g/mol. The smallest absolute Gasteiger partial charge is 0.133 e. The van der Waals surface area contributed by atoms with E-state index in [1.54, 1.807) is 0 Å². The molecule has 0 unspecified atom stereocenters. The highest BCUT2D eigenvalue weighted by molar-refractivity contribution is 8.13. The van der Waals surface area contributed by atoms with E-state index in [1.807, 2.05) is 11.8 Å². The van der Waals surface area contributed by atoms with E-state index in [4.69, 9.17) is 4.84 Å². The highest BCUT2D eigenvalue weighted by Gasteiger charge is 2.23. The number of rotatable bonds is 1. The van der Waals surface area contributed by atoms with Crippen LogP contribution in [0.5, 0.6) is 0 Å². The van der Waals surface area contributed by atoms with Crippen LogP contribution in [-0.4, -0.2) is 16.4 Å². The summed E-state index contributed by atoms with van der Waals surface area (Å²) in [5.74, 6) is 1.60. The van der Waals surface area contributed by atoms with E-state index in [-0.39, 0.29) is 5.60 Å². The van der Waals surface area contributed by atoms with Crippen molar-refractivity contribution in [1.82, 2.24) is 0 Å². The molecular weight excluding hydrogens is 170 g/mol. The summed E-state index contributed by atoms with van der Waals surface area (Å²) in [6, 6.07) is 0. The Morgan fingerprint density at radius 2 is 2.17 bits per heavy atom. The Hall–Kier alpha value is -0.180. The largest absolute Gasteiger partial charge is 0.389 e. The van der Waals surface area contributed by atoms with E-state index < -0.39 is 0 Å². The zero-order valence-electron chi connectivity index (χ0n) is 8.26. The van der Waals surface area contributed by atoms with Crippen molar-refractivity contribution in [3.63, 3.8) is 0 Å². The first kappa shape index (κ1) is 9.90. The lowest BCUT2D eigenvalue weighted by Crippen LogP contribution is -2.21. The molecule has 12 heavy (non-hydrogen) atoms. The Morgan fingerprint density at radius 1 is 1.50 bits per heavy atom. The van der Waals surface area contributed by atoms with Gasteiger partial charge in [-0.1, -0.05) is 19.0 Å². The fourth-order valence-electron chi connectivity index (χ4n) is 0.914. The number of oxime groups is 1. The van der Waals surface area contributed by atoms with Gasteiger partial charge in [0.2, 0.25) is 0 Å². The molecule has 1 heterocycles. The molecule has 0 spiro atoms. The van der Waals surface area contributed by atoms with Gasteiger partial charge in [0.15, 0.2) is 0 Å². The van der Waals surface area contributed by atoms with Crippen molar-refractivity contribution in [3.05, 3.63) is 0 Å². The van der Waals surface area contributed by atoms with Gasteiger partial charge in [-0.2, -0.15) is 0 Å². The first-order chi connectivity index (χ1) is 5.51. The quantitative estimate of drug-likeness (QED) is 0.629. The predicted octanol–water partition coefficient (Wildman–Crippen LogP) is 2.89. The van der Waals surface area contributed by atoms with Gasteiger partial charge >= 0.3 is 0 Å². The standard InChI is InChI=1S/C9H17NOS/c1-7(2)8-10-11-9(3,4)5-6-12-8/h7H,5-6H2,1-4H3. The molecule has 70 valence electrons. The van der Waals surface area contributed by atoms with E-state index in [0.29, 0.717) is 5.92 Å². The summed E-state index contributed by atoms with van der Waals surface area (Å²) in [5, 5.41) is 5.28. The number of thioether (sulfide) groups is 1. The fraction of sp³-hybridized carbons (Fsp3) is 0.889. The summed E-state index contributed by atoms with van der Waals surface area (Å²) >= 11 is 1.82. The van der Waals surface area contributed by atoms with Gasteiger partial charge in [-0.05, 0) is 20.3 Å². The Balaban J connectivity index is 2.63. The minimum Gasteiger partial charge on any atom is -0.389 e. The summed E-state index contributed by atoms with van der Waals surface area (Å²) in [7, 11) is 0. The molecule has 0 aromatic rings. The van der Waals surface area contributed by atoms with Crippen LogP contribution >= 0.6 is 11.8 Å². The second-order valence-electron chi connectivity index (χ2n) is 4.03. The van der Waals surface area contributed by atoms with E-state index in [1.165, 1.54) is 0 Å². The van der Waals surface area contributed by atoms with Crippen LogP contribution in [0.25, 0.3) is 0 Å². The Kier molecular flexibility index (Phi) is 3.04. The lowest BCUT2D eigenvalue weighted by Gasteiger charge is -2.18. The molecule has 1 rings (SSSR count). The molecule has 0 aromatic heterocycles. The van der Waals surface area contributed by atoms with Gasteiger partial charge < -0.3 is 4.84 Å². The summed E-state index contributed by atoms with van der Waals surface area (Å²) < 4.78 is 0. The zero-order chi connectivity index (χ0) is 9.19. The highest BCUT2D eigenvalue weighted by Crippen LogP contribution is 2.25. The topological polar surface area (TPSA) is 21.6 Å². The summed E-state index contributed by atoms with van der Waals surface area (Å²) in [4.78, 5) is 5.43. The summed E-state index contributed by atoms with van der Waals surface area (Å²) in [6.07, 6.45) is 1.07. The van der Waals surface area contributed by atoms with Gasteiger partial charge in [0.05, 0.1) is 0 Å². The Morgan fingerprint density at radius 3 is 2.75 bits per heavy atom. The number of hydrogen-bond donors (Lipinski definition) is 0. The first-order valence-corrected chi connectivity index (χ1v) is 5.39. The van der Waals surface area contributed by atoms with E-state index in [0.717, 1.165) is 17.2 Å². The van der Waals surface area contributed by atoms with Gasteiger partial charge in [0.1, 0.15) is 10.6 Å². The van der Waals surface area contributed by atoms with Crippen LogP contribution in [0.15, 0.2) is 5.16 Å². The van der Waals surface area contributed by atoms with Crippen molar-refractivity contribution < 1.29 is 4.84 Å². The molecule has 0 amide bonds. The van der Waals surface area contributed by atoms with Gasteiger partial charge in [-0.15, -0.1) is 11.8 Å². The molecule has 0 radical (unpaired) electrons. The molecule has 0 saturated heterocycles. The number of nitrogens with zero attached hydrogens (tertiary/aromatic N) is 1. The van der Waals surface area contributed by atoms with Crippen LogP contribution in [0, 0.1) is 5.92 Å². The van der Waals surface area contributed by atoms with Crippen LogP contribution in [0.2, 0.25) is 0 Å². The minimum atomic E-state index is -0.0797. The van der Waals surface area contributed by atoms with Gasteiger partial charge in [-0.25, -0.2) is 0 Å². The molecule has 3 heteroatoms. The van der Waals surface area contributed by atoms with Crippen molar-refractivity contribution in [1.29, 1.82) is 0 Å². The lowest BCUT2D eigenvalue weighted by molar-refractivity contribution is -0.0147. The molecule has 0 saturated carbocycles. The molecule has 0 N–H and O–H groups in total. The zero-order valence-corrected chi connectivity index (χ0v) is 9.07. The third-order valence-electron chi connectivity index (χ3n) is 1.83. The summed E-state index contributed by atoms with van der Waals surface area (Å²) in [6.45, 7) is 8.46. The maximum atomic E-state index is 5.43. The Bertz CT molecular complexity index is 187. The van der Waals surface area contributed by atoms with Crippen molar-refractivity contribution >= 4 is 16.8 Å². The second-order valence-corrected chi connectivity index (χ2v) is 5.15. The van der Waals surface area contributed by atoms with Crippen LogP contribution in [0.3, 0.4) is 0 Å². The maximum Gasteiger partial charge on any atom is 0.133 e. The highest BCUT2D eigenvalue weighted by atomic mass is 32.2. The van der Waals surface area contributed by atoms with Crippen molar-refractivity contribution in [3.8, 4) is 0 Å². The van der Waals surface area contributed by atoms with Crippen molar-refractivity contribution in [2.24, 2.45) is 11.1 Å². The first-order valence-electron chi connectivity index (χ1n) is 4.40. The van der Waals surface area contributed by atoms with Crippen LogP contribution in [0.4, 0.5) is 0 Å². The molecule has 1 aliphatic heterocycles. The van der Waals surface area contributed by atoms with E-state index in [2.05, 4.69) is 32.9 Å². The van der Waals surface area contributed by atoms with Crippen molar-refractivity contribution in [2.45, 2.75) is 39.7 Å². The van der Waals surface area contributed by atoms with Crippen LogP contribution < -0.4 is 0 Å². The number of hydrogen-bond acceptors (Lipinski definition) is 3. The van der Waals surface area contributed by atoms with Gasteiger partial charge in [0, 0.05) is 11.7 Å². The predicted molar refractivity (Wildman–Crippen MR) is 54.5 cm³/mol. The SMILES string of the molecule is CC(C)C1=NOC(C)(C)CCS1. The van der Waals surface area contributed by atoms with Gasteiger partial charge in [0.25, 0.3) is 0 Å². The third kappa shape index (κ3) is 2.70. The molecule has 2 nitrogen and oxygen atoms in total. The average molecular weight is 187 g/mol. The second kappa shape index (κ2) is 3.69. The minimum absolute atomic E-state index is 0.0797. The summed E-state index contributed by atoms with van der Waals surface area (Å²) in [5.41, 5.74) is -0.0797. The molecule has 0 bridgehead atoms. The third-order valence-corrected chi connectivity index (χ3v) is 3.08. The average Bonchev–Trinajstić information content (AvgIpc) is 2.10. The van der Waals surface area contributed by atoms with Crippen LogP contribution in [0.1, 0.15) is 34.1 Å². The maximum absolute atomic E-state index is 5.43. The van der Waals surface area contributed by atoms with Gasteiger partial charge in [-0.3, -0.25) is 0 Å². The lowest BCUT2D eigenvalue weighted by atomic mass is 10.1. The van der Waals surface area contributed by atoms with E-state index in [9.17, 15) is 0 Å². The molecular formula is C9H17NOS. The fourth-order valence-corrected chi connectivity index (χ4v) is 2.14. The molecule has 0 aliphatic carbocycles. The Labute approximate surface area is 78.7 Å². The molecule has 0 atom stereocenters. The molecule has 0 aromatic carbocycles. The molecule has 1 aliphatic rings. The normalized spacial score (nSPS) is 22.9. The van der Waals surface area contributed by atoms with Crippen molar-refractivity contribution in [2.75, 3.05) is 5.75 Å².